The zero-order valence-electron chi connectivity index (χ0n) is 15.0. The molecule has 0 unspecified atom stereocenters. The van der Waals surface area contributed by atoms with Crippen molar-refractivity contribution >= 4 is 17.2 Å². The molecule has 136 valence electrons. The Labute approximate surface area is 157 Å². The minimum absolute atomic E-state index is 0.0333. The Morgan fingerprint density at radius 3 is 2.69 bits per heavy atom. The van der Waals surface area contributed by atoms with Crippen molar-refractivity contribution in [3.8, 4) is 5.75 Å². The Hall–Kier alpha value is -2.60. The van der Waals surface area contributed by atoms with E-state index in [0.29, 0.717) is 19.6 Å². The number of carbonyl (C=O) groups is 1. The third-order valence-corrected chi connectivity index (χ3v) is 5.06. The minimum Gasteiger partial charge on any atom is -0.489 e. The number of hydrogen-bond donors (Lipinski definition) is 1. The minimum atomic E-state index is 0.0333. The second-order valence-corrected chi connectivity index (χ2v) is 7.12. The number of hydrogen-bond acceptors (Lipinski definition) is 5. The topological polar surface area (TPSA) is 64.4 Å². The molecule has 2 heterocycles. The summed E-state index contributed by atoms with van der Waals surface area (Å²) in [4.78, 5) is 13.3. The second-order valence-electron chi connectivity index (χ2n) is 6.09. The number of aromatic nitrogens is 1. The number of ether oxygens (including phenoxy) is 1. The average molecular weight is 370 g/mol. The van der Waals surface area contributed by atoms with E-state index in [2.05, 4.69) is 16.5 Å². The molecule has 3 rings (SSSR count). The van der Waals surface area contributed by atoms with Gasteiger partial charge in [-0.25, -0.2) is 0 Å². The molecular formula is C20H22N2O3S. The van der Waals surface area contributed by atoms with Crippen LogP contribution < -0.4 is 10.1 Å². The van der Waals surface area contributed by atoms with Crippen LogP contribution in [0.1, 0.15) is 27.5 Å². The zero-order chi connectivity index (χ0) is 18.4. The SMILES string of the molecule is Cc1noc(C)c1COc1ccc(CC(=O)NCCc2cccs2)cc1. The van der Waals surface area contributed by atoms with Crippen molar-refractivity contribution < 1.29 is 14.1 Å². The van der Waals surface area contributed by atoms with E-state index in [1.54, 1.807) is 11.3 Å². The maximum atomic E-state index is 12.0. The Bertz CT molecular complexity index is 819. The number of benzene rings is 1. The third-order valence-electron chi connectivity index (χ3n) is 4.13. The van der Waals surface area contributed by atoms with Gasteiger partial charge in [-0.05, 0) is 49.4 Å². The fraction of sp³-hybridized carbons (Fsp3) is 0.300. The van der Waals surface area contributed by atoms with Gasteiger partial charge >= 0.3 is 0 Å². The summed E-state index contributed by atoms with van der Waals surface area (Å²) >= 11 is 1.71. The lowest BCUT2D eigenvalue weighted by atomic mass is 10.1. The van der Waals surface area contributed by atoms with Gasteiger partial charge in [-0.1, -0.05) is 23.4 Å². The molecule has 0 atom stereocenters. The van der Waals surface area contributed by atoms with Crippen LogP contribution in [-0.4, -0.2) is 17.6 Å². The van der Waals surface area contributed by atoms with Crippen molar-refractivity contribution in [1.29, 1.82) is 0 Å². The van der Waals surface area contributed by atoms with E-state index in [9.17, 15) is 4.79 Å². The van der Waals surface area contributed by atoms with Gasteiger partial charge in [0.25, 0.3) is 0 Å². The predicted molar refractivity (Wildman–Crippen MR) is 101 cm³/mol. The van der Waals surface area contributed by atoms with Gasteiger partial charge in [0.2, 0.25) is 5.91 Å². The number of amides is 1. The number of nitrogens with zero attached hydrogens (tertiary/aromatic N) is 1. The van der Waals surface area contributed by atoms with E-state index in [-0.39, 0.29) is 5.91 Å². The summed E-state index contributed by atoms with van der Waals surface area (Å²) in [6.45, 7) is 4.86. The molecule has 1 N–H and O–H groups in total. The Kier molecular flexibility index (Phi) is 6.07. The maximum Gasteiger partial charge on any atom is 0.224 e. The smallest absolute Gasteiger partial charge is 0.224 e. The van der Waals surface area contributed by atoms with Gasteiger partial charge in [-0.2, -0.15) is 0 Å². The molecule has 0 aliphatic carbocycles. The number of aryl methyl sites for hydroxylation is 2. The van der Waals surface area contributed by atoms with Crippen LogP contribution in [0.5, 0.6) is 5.75 Å². The number of rotatable bonds is 8. The highest BCUT2D eigenvalue weighted by Crippen LogP contribution is 2.18. The summed E-state index contributed by atoms with van der Waals surface area (Å²) in [6, 6.07) is 11.7. The van der Waals surface area contributed by atoms with E-state index in [4.69, 9.17) is 9.26 Å². The standard InChI is InChI=1S/C20H22N2O3S/c1-14-19(15(2)25-22-14)13-24-17-7-5-16(6-8-17)12-20(23)21-10-9-18-4-3-11-26-18/h3-8,11H,9-10,12-13H2,1-2H3,(H,21,23). The third kappa shape index (κ3) is 4.95. The first-order valence-electron chi connectivity index (χ1n) is 8.54. The van der Waals surface area contributed by atoms with Crippen LogP contribution in [0.4, 0.5) is 0 Å². The van der Waals surface area contributed by atoms with E-state index < -0.39 is 0 Å². The summed E-state index contributed by atoms with van der Waals surface area (Å²) in [5.41, 5.74) is 2.78. The largest absolute Gasteiger partial charge is 0.489 e. The zero-order valence-corrected chi connectivity index (χ0v) is 15.8. The van der Waals surface area contributed by atoms with E-state index in [1.165, 1.54) is 4.88 Å². The van der Waals surface area contributed by atoms with Crippen molar-refractivity contribution in [2.45, 2.75) is 33.3 Å². The van der Waals surface area contributed by atoms with Crippen molar-refractivity contribution in [1.82, 2.24) is 10.5 Å². The van der Waals surface area contributed by atoms with Crippen LogP contribution in [0.3, 0.4) is 0 Å². The number of nitrogens with one attached hydrogen (secondary N) is 1. The van der Waals surface area contributed by atoms with Crippen LogP contribution in [0, 0.1) is 13.8 Å². The summed E-state index contributed by atoms with van der Waals surface area (Å²) in [5, 5.41) is 8.92. The highest BCUT2D eigenvalue weighted by atomic mass is 32.1. The molecule has 0 saturated heterocycles. The molecule has 0 saturated carbocycles. The molecule has 0 aliphatic heterocycles. The first-order chi connectivity index (χ1) is 12.6. The molecule has 2 aromatic heterocycles. The summed E-state index contributed by atoms with van der Waals surface area (Å²) in [7, 11) is 0. The maximum absolute atomic E-state index is 12.0. The lowest BCUT2D eigenvalue weighted by Gasteiger charge is -2.08. The van der Waals surface area contributed by atoms with Crippen LogP contribution >= 0.6 is 11.3 Å². The monoisotopic (exact) mass is 370 g/mol. The fourth-order valence-electron chi connectivity index (χ4n) is 2.59. The normalized spacial score (nSPS) is 10.7. The van der Waals surface area contributed by atoms with E-state index >= 15 is 0 Å². The van der Waals surface area contributed by atoms with Crippen LogP contribution in [0.2, 0.25) is 0 Å². The molecular weight excluding hydrogens is 348 g/mol. The quantitative estimate of drug-likeness (QED) is 0.654. The predicted octanol–water partition coefficient (Wildman–Crippen LogP) is 3.83. The van der Waals surface area contributed by atoms with Gasteiger partial charge in [0, 0.05) is 11.4 Å². The van der Waals surface area contributed by atoms with Gasteiger partial charge in [0.05, 0.1) is 17.7 Å². The molecule has 26 heavy (non-hydrogen) atoms. The molecule has 5 nitrogen and oxygen atoms in total. The molecule has 3 aromatic rings. The lowest BCUT2D eigenvalue weighted by Crippen LogP contribution is -2.27. The average Bonchev–Trinajstić information content (AvgIpc) is 3.25. The molecule has 0 aliphatic rings. The Balaban J connectivity index is 1.44. The van der Waals surface area contributed by atoms with Crippen molar-refractivity contribution in [2.24, 2.45) is 0 Å². The lowest BCUT2D eigenvalue weighted by molar-refractivity contribution is -0.120. The molecule has 0 bridgehead atoms. The summed E-state index contributed by atoms with van der Waals surface area (Å²) in [6.07, 6.45) is 1.24. The first-order valence-corrected chi connectivity index (χ1v) is 9.42. The summed E-state index contributed by atoms with van der Waals surface area (Å²) < 4.78 is 10.9. The second kappa shape index (κ2) is 8.67. The molecule has 1 amide bonds. The van der Waals surface area contributed by atoms with E-state index in [1.807, 2.05) is 49.6 Å². The Morgan fingerprint density at radius 1 is 1.23 bits per heavy atom. The first kappa shape index (κ1) is 18.2. The van der Waals surface area contributed by atoms with Crippen LogP contribution in [0.15, 0.2) is 46.3 Å². The molecule has 6 heteroatoms. The Morgan fingerprint density at radius 2 is 2.04 bits per heavy atom. The fourth-order valence-corrected chi connectivity index (χ4v) is 3.30. The number of carbonyl (C=O) groups excluding carboxylic acids is 1. The molecule has 0 radical (unpaired) electrons. The molecule has 0 fully saturated rings. The van der Waals surface area contributed by atoms with Crippen molar-refractivity contribution in [3.05, 3.63) is 69.2 Å². The van der Waals surface area contributed by atoms with Gasteiger partial charge < -0.3 is 14.6 Å². The number of thiophene rings is 1. The molecule has 0 spiro atoms. The highest BCUT2D eigenvalue weighted by Gasteiger charge is 2.10. The highest BCUT2D eigenvalue weighted by molar-refractivity contribution is 7.09. The van der Waals surface area contributed by atoms with Crippen LogP contribution in [0.25, 0.3) is 0 Å². The van der Waals surface area contributed by atoms with Crippen LogP contribution in [-0.2, 0) is 24.2 Å². The molecule has 1 aromatic carbocycles. The van der Waals surface area contributed by atoms with Gasteiger partial charge in [-0.15, -0.1) is 11.3 Å². The van der Waals surface area contributed by atoms with E-state index in [0.717, 1.165) is 34.8 Å². The van der Waals surface area contributed by atoms with Gasteiger partial charge in [-0.3, -0.25) is 4.79 Å². The van der Waals surface area contributed by atoms with Gasteiger partial charge in [0.15, 0.2) is 0 Å². The van der Waals surface area contributed by atoms with Crippen molar-refractivity contribution in [2.75, 3.05) is 6.54 Å². The summed E-state index contributed by atoms with van der Waals surface area (Å²) in [5.74, 6) is 1.57. The van der Waals surface area contributed by atoms with Gasteiger partial charge in [0.1, 0.15) is 18.1 Å². The van der Waals surface area contributed by atoms with Crippen molar-refractivity contribution in [3.63, 3.8) is 0 Å².